The minimum atomic E-state index is -2.98. The molecule has 0 radical (unpaired) electrons. The van der Waals surface area contributed by atoms with Crippen molar-refractivity contribution in [1.29, 1.82) is 0 Å². The predicted octanol–water partition coefficient (Wildman–Crippen LogP) is 2.57. The molecule has 0 saturated heterocycles. The zero-order valence-corrected chi connectivity index (χ0v) is 16.6. The van der Waals surface area contributed by atoms with Gasteiger partial charge in [0.2, 0.25) is 6.79 Å². The molecule has 2 N–H and O–H groups in total. The number of carbonyl (C=O) groups is 1. The predicted molar refractivity (Wildman–Crippen MR) is 101 cm³/mol. The molecule has 9 nitrogen and oxygen atoms in total. The van der Waals surface area contributed by atoms with Crippen LogP contribution >= 0.6 is 0 Å². The van der Waals surface area contributed by atoms with E-state index in [1.165, 1.54) is 13.2 Å². The van der Waals surface area contributed by atoms with Gasteiger partial charge in [-0.3, -0.25) is 4.99 Å². The lowest BCUT2D eigenvalue weighted by Gasteiger charge is -2.15. The minimum absolute atomic E-state index is 0.0136. The van der Waals surface area contributed by atoms with Crippen LogP contribution < -0.4 is 24.8 Å². The molecule has 0 bridgehead atoms. The Morgan fingerprint density at radius 3 is 2.57 bits per heavy atom. The first-order valence-electron chi connectivity index (χ1n) is 8.90. The number of ether oxygens (including phenoxy) is 4. The largest absolute Gasteiger partial charge is 0.465 e. The Hall–Kier alpha value is -3.50. The maximum Gasteiger partial charge on any atom is 0.387 e. The molecule has 0 aliphatic carbocycles. The standard InChI is InChI=1S/C19H21F2N3O6/c1-10-13(17(25)26-3)5-12(29-10)8-24-19(22-2)23-7-11-4-15-16(28-9-27-15)6-14(11)30-18(20)21/h4-6,18H,7-9H2,1-3H3,(H2,22,23,24). The second-order valence-corrected chi connectivity index (χ2v) is 6.15. The molecule has 11 heteroatoms. The van der Waals surface area contributed by atoms with Gasteiger partial charge in [-0.15, -0.1) is 0 Å². The van der Waals surface area contributed by atoms with Crippen molar-refractivity contribution in [2.45, 2.75) is 26.6 Å². The number of methoxy groups -OCH3 is 1. The third kappa shape index (κ3) is 4.91. The summed E-state index contributed by atoms with van der Waals surface area (Å²) in [5, 5.41) is 6.01. The van der Waals surface area contributed by atoms with E-state index in [1.807, 2.05) is 0 Å². The van der Waals surface area contributed by atoms with E-state index in [1.54, 1.807) is 26.1 Å². The number of alkyl halides is 2. The second-order valence-electron chi connectivity index (χ2n) is 6.15. The second kappa shape index (κ2) is 9.33. The summed E-state index contributed by atoms with van der Waals surface area (Å²) in [5.41, 5.74) is 0.774. The highest BCUT2D eigenvalue weighted by atomic mass is 19.3. The van der Waals surface area contributed by atoms with Gasteiger partial charge >= 0.3 is 12.6 Å². The average Bonchev–Trinajstić information content (AvgIpc) is 3.32. The molecule has 1 aliphatic heterocycles. The Morgan fingerprint density at radius 2 is 1.90 bits per heavy atom. The number of aryl methyl sites for hydroxylation is 1. The fourth-order valence-electron chi connectivity index (χ4n) is 2.82. The zero-order chi connectivity index (χ0) is 21.7. The summed E-state index contributed by atoms with van der Waals surface area (Å²) in [6.45, 7) is -0.943. The number of esters is 1. The molecular formula is C19H21F2N3O6. The van der Waals surface area contributed by atoms with Gasteiger partial charge in [-0.05, 0) is 19.1 Å². The van der Waals surface area contributed by atoms with Crippen molar-refractivity contribution in [2.24, 2.45) is 4.99 Å². The monoisotopic (exact) mass is 425 g/mol. The minimum Gasteiger partial charge on any atom is -0.465 e. The molecule has 1 aromatic heterocycles. The fraction of sp³-hybridized carbons (Fsp3) is 0.368. The fourth-order valence-corrected chi connectivity index (χ4v) is 2.82. The molecule has 0 atom stereocenters. The van der Waals surface area contributed by atoms with Crippen molar-refractivity contribution in [3.8, 4) is 17.2 Å². The summed E-state index contributed by atoms with van der Waals surface area (Å²) in [5.74, 6) is 1.59. The Labute approximate surface area is 171 Å². The van der Waals surface area contributed by atoms with Crippen LogP contribution in [0.25, 0.3) is 0 Å². The van der Waals surface area contributed by atoms with Gasteiger partial charge in [0, 0.05) is 25.2 Å². The Morgan fingerprint density at radius 1 is 1.20 bits per heavy atom. The summed E-state index contributed by atoms with van der Waals surface area (Å²) in [7, 11) is 2.85. The van der Waals surface area contributed by atoms with E-state index in [0.29, 0.717) is 40.1 Å². The number of benzene rings is 1. The van der Waals surface area contributed by atoms with Crippen LogP contribution in [0, 0.1) is 6.92 Å². The van der Waals surface area contributed by atoms with Crippen molar-refractivity contribution >= 4 is 11.9 Å². The molecule has 2 heterocycles. The number of aliphatic imine (C=N–C) groups is 1. The number of nitrogens with zero attached hydrogens (tertiary/aromatic N) is 1. The lowest BCUT2D eigenvalue weighted by atomic mass is 10.1. The number of carbonyl (C=O) groups excluding carboxylic acids is 1. The van der Waals surface area contributed by atoms with Gasteiger partial charge in [-0.2, -0.15) is 8.78 Å². The Bertz CT molecular complexity index is 945. The molecule has 30 heavy (non-hydrogen) atoms. The van der Waals surface area contributed by atoms with Crippen LogP contribution in [-0.2, 0) is 17.8 Å². The first kappa shape index (κ1) is 21.2. The summed E-state index contributed by atoms with van der Waals surface area (Å²) in [6, 6.07) is 4.51. The van der Waals surface area contributed by atoms with Crippen LogP contribution in [0.1, 0.15) is 27.4 Å². The normalized spacial score (nSPS) is 12.8. The van der Waals surface area contributed by atoms with Gasteiger partial charge in [-0.25, -0.2) is 4.79 Å². The zero-order valence-electron chi connectivity index (χ0n) is 16.6. The van der Waals surface area contributed by atoms with Gasteiger partial charge in [0.25, 0.3) is 0 Å². The number of halogens is 2. The molecule has 3 rings (SSSR count). The van der Waals surface area contributed by atoms with E-state index in [2.05, 4.69) is 20.4 Å². The third-order valence-electron chi connectivity index (χ3n) is 4.25. The maximum absolute atomic E-state index is 12.7. The van der Waals surface area contributed by atoms with Crippen molar-refractivity contribution in [3.05, 3.63) is 40.8 Å². The molecule has 0 fully saturated rings. The average molecular weight is 425 g/mol. The van der Waals surface area contributed by atoms with Crippen molar-refractivity contribution in [1.82, 2.24) is 10.6 Å². The molecule has 0 saturated carbocycles. The molecule has 1 aromatic carbocycles. The van der Waals surface area contributed by atoms with E-state index in [9.17, 15) is 13.6 Å². The van der Waals surface area contributed by atoms with Crippen molar-refractivity contribution < 1.29 is 36.9 Å². The lowest BCUT2D eigenvalue weighted by Crippen LogP contribution is -2.36. The molecule has 162 valence electrons. The van der Waals surface area contributed by atoms with Gasteiger partial charge in [0.15, 0.2) is 17.5 Å². The van der Waals surface area contributed by atoms with Gasteiger partial charge in [0.1, 0.15) is 22.8 Å². The topological polar surface area (TPSA) is 104 Å². The van der Waals surface area contributed by atoms with Crippen molar-refractivity contribution in [3.63, 3.8) is 0 Å². The van der Waals surface area contributed by atoms with Gasteiger partial charge < -0.3 is 34.0 Å². The van der Waals surface area contributed by atoms with Gasteiger partial charge in [-0.1, -0.05) is 0 Å². The van der Waals surface area contributed by atoms with E-state index >= 15 is 0 Å². The number of rotatable bonds is 7. The third-order valence-corrected chi connectivity index (χ3v) is 4.25. The molecule has 2 aromatic rings. The molecule has 0 unspecified atom stereocenters. The summed E-state index contributed by atoms with van der Waals surface area (Å²) < 4.78 is 50.8. The molecular weight excluding hydrogens is 404 g/mol. The van der Waals surface area contributed by atoms with E-state index < -0.39 is 12.6 Å². The van der Waals surface area contributed by atoms with Crippen LogP contribution in [0.3, 0.4) is 0 Å². The number of hydrogen-bond donors (Lipinski definition) is 2. The highest BCUT2D eigenvalue weighted by molar-refractivity contribution is 5.90. The highest BCUT2D eigenvalue weighted by Gasteiger charge is 2.20. The van der Waals surface area contributed by atoms with Crippen LogP contribution in [0.2, 0.25) is 0 Å². The van der Waals surface area contributed by atoms with Crippen molar-refractivity contribution in [2.75, 3.05) is 21.0 Å². The van der Waals surface area contributed by atoms with E-state index in [0.717, 1.165) is 0 Å². The number of guanidine groups is 1. The van der Waals surface area contributed by atoms with Crippen LogP contribution in [0.15, 0.2) is 27.6 Å². The van der Waals surface area contributed by atoms with E-state index in [-0.39, 0.29) is 25.6 Å². The quantitative estimate of drug-likeness (QED) is 0.396. The number of fused-ring (bicyclic) bond motifs is 1. The Balaban J connectivity index is 1.64. The summed E-state index contributed by atoms with van der Waals surface area (Å²) in [6.07, 6.45) is 0. The van der Waals surface area contributed by atoms with Crippen LogP contribution in [-0.4, -0.2) is 39.5 Å². The molecule has 0 spiro atoms. The lowest BCUT2D eigenvalue weighted by molar-refractivity contribution is -0.0505. The first-order chi connectivity index (χ1) is 14.4. The summed E-state index contributed by atoms with van der Waals surface area (Å²) >= 11 is 0. The van der Waals surface area contributed by atoms with Crippen LogP contribution in [0.5, 0.6) is 17.2 Å². The van der Waals surface area contributed by atoms with Crippen LogP contribution in [0.4, 0.5) is 8.78 Å². The highest BCUT2D eigenvalue weighted by Crippen LogP contribution is 2.38. The number of hydrogen-bond acceptors (Lipinski definition) is 7. The molecule has 0 amide bonds. The smallest absolute Gasteiger partial charge is 0.387 e. The SMILES string of the molecule is CN=C(NCc1cc(C(=O)OC)c(C)o1)NCc1cc2c(cc1OC(F)F)OCO2. The number of nitrogens with one attached hydrogen (secondary N) is 2. The summed E-state index contributed by atoms with van der Waals surface area (Å²) in [4.78, 5) is 15.7. The maximum atomic E-state index is 12.7. The Kier molecular flexibility index (Phi) is 6.60. The first-order valence-corrected chi connectivity index (χ1v) is 8.90. The molecule has 1 aliphatic rings. The number of furan rings is 1. The van der Waals surface area contributed by atoms with E-state index in [4.69, 9.17) is 18.6 Å². The van der Waals surface area contributed by atoms with Gasteiger partial charge in [0.05, 0.1) is 13.7 Å².